The van der Waals surface area contributed by atoms with Gasteiger partial charge in [-0.15, -0.1) is 11.6 Å². The Bertz CT molecular complexity index is 351. The monoisotopic (exact) mass is 282 g/mol. The third-order valence-electron chi connectivity index (χ3n) is 2.86. The first-order valence-corrected chi connectivity index (χ1v) is 7.91. The summed E-state index contributed by atoms with van der Waals surface area (Å²) in [5, 5.41) is 0. The summed E-state index contributed by atoms with van der Waals surface area (Å²) in [6, 6.07) is 0. The molecule has 17 heavy (non-hydrogen) atoms. The molecule has 0 aromatic heterocycles. The van der Waals surface area contributed by atoms with Crippen LogP contribution in [-0.2, 0) is 14.8 Å². The highest BCUT2D eigenvalue weighted by Gasteiger charge is 2.27. The fourth-order valence-electron chi connectivity index (χ4n) is 1.79. The lowest BCUT2D eigenvalue weighted by atomic mass is 10.3. The standard InChI is InChI=1S/C10H19ClN2O3S/c1-10(14)12-5-7-13(8-6-12)17(15,16)9-3-2-4-11/h2-9H2,1H3. The molecule has 0 atom stereocenters. The van der Waals surface area contributed by atoms with E-state index >= 15 is 0 Å². The SMILES string of the molecule is CC(=O)N1CCN(S(=O)(=O)CCCCCl)CC1. The molecular formula is C10H19ClN2O3S. The molecule has 5 nitrogen and oxygen atoms in total. The highest BCUT2D eigenvalue weighted by atomic mass is 35.5. The normalized spacial score (nSPS) is 18.4. The smallest absolute Gasteiger partial charge is 0.219 e. The van der Waals surface area contributed by atoms with E-state index in [-0.39, 0.29) is 11.7 Å². The largest absolute Gasteiger partial charge is 0.340 e. The Morgan fingerprint density at radius 3 is 2.24 bits per heavy atom. The van der Waals surface area contributed by atoms with E-state index in [9.17, 15) is 13.2 Å². The van der Waals surface area contributed by atoms with Gasteiger partial charge < -0.3 is 4.90 Å². The average molecular weight is 283 g/mol. The second-order valence-corrected chi connectivity index (χ2v) is 6.58. The van der Waals surface area contributed by atoms with Crippen LogP contribution in [0.5, 0.6) is 0 Å². The zero-order chi connectivity index (χ0) is 12.9. The maximum absolute atomic E-state index is 11.9. The van der Waals surface area contributed by atoms with E-state index in [4.69, 9.17) is 11.6 Å². The zero-order valence-electron chi connectivity index (χ0n) is 10.1. The van der Waals surface area contributed by atoms with Gasteiger partial charge in [0.05, 0.1) is 5.75 Å². The fraction of sp³-hybridized carbons (Fsp3) is 0.900. The van der Waals surface area contributed by atoms with Crippen molar-refractivity contribution in [3.8, 4) is 0 Å². The second kappa shape index (κ2) is 6.56. The molecular weight excluding hydrogens is 264 g/mol. The molecule has 1 amide bonds. The predicted molar refractivity (Wildman–Crippen MR) is 67.6 cm³/mol. The first-order valence-electron chi connectivity index (χ1n) is 5.76. The summed E-state index contributed by atoms with van der Waals surface area (Å²) in [5.41, 5.74) is 0. The van der Waals surface area contributed by atoms with Crippen LogP contribution < -0.4 is 0 Å². The summed E-state index contributed by atoms with van der Waals surface area (Å²) in [6.07, 6.45) is 1.31. The van der Waals surface area contributed by atoms with E-state index in [0.717, 1.165) is 0 Å². The minimum absolute atomic E-state index is 0.00388. The van der Waals surface area contributed by atoms with Gasteiger partial charge in [0.1, 0.15) is 0 Å². The van der Waals surface area contributed by atoms with Gasteiger partial charge in [-0.1, -0.05) is 0 Å². The first-order chi connectivity index (χ1) is 7.97. The molecule has 1 rings (SSSR count). The number of unbranched alkanes of at least 4 members (excludes halogenated alkanes) is 1. The molecule has 0 saturated carbocycles. The van der Waals surface area contributed by atoms with Crippen molar-refractivity contribution in [3.63, 3.8) is 0 Å². The summed E-state index contributed by atoms with van der Waals surface area (Å²) < 4.78 is 25.3. The second-order valence-electron chi connectivity index (χ2n) is 4.12. The molecule has 0 bridgehead atoms. The van der Waals surface area contributed by atoms with Crippen molar-refractivity contribution in [1.29, 1.82) is 0 Å². The molecule has 100 valence electrons. The highest BCUT2D eigenvalue weighted by molar-refractivity contribution is 7.89. The zero-order valence-corrected chi connectivity index (χ0v) is 11.6. The maximum atomic E-state index is 11.9. The summed E-state index contributed by atoms with van der Waals surface area (Å²) in [4.78, 5) is 12.8. The molecule has 1 fully saturated rings. The lowest BCUT2D eigenvalue weighted by Gasteiger charge is -2.33. The van der Waals surface area contributed by atoms with Crippen LogP contribution in [0.2, 0.25) is 0 Å². The van der Waals surface area contributed by atoms with E-state index in [1.54, 1.807) is 4.90 Å². The van der Waals surface area contributed by atoms with Crippen LogP contribution in [-0.4, -0.2) is 61.3 Å². The van der Waals surface area contributed by atoms with Crippen LogP contribution in [0.1, 0.15) is 19.8 Å². The number of hydrogen-bond acceptors (Lipinski definition) is 3. The van der Waals surface area contributed by atoms with Gasteiger partial charge in [-0.2, -0.15) is 4.31 Å². The molecule has 1 heterocycles. The van der Waals surface area contributed by atoms with Gasteiger partial charge >= 0.3 is 0 Å². The third-order valence-corrected chi connectivity index (χ3v) is 5.09. The molecule has 1 aliphatic rings. The Morgan fingerprint density at radius 1 is 1.18 bits per heavy atom. The number of amides is 1. The molecule has 0 aromatic carbocycles. The lowest BCUT2D eigenvalue weighted by Crippen LogP contribution is -2.50. The predicted octanol–water partition coefficient (Wildman–Crippen LogP) is 0.499. The van der Waals surface area contributed by atoms with E-state index in [1.165, 1.54) is 11.2 Å². The van der Waals surface area contributed by atoms with E-state index in [1.807, 2.05) is 0 Å². The Kier molecular flexibility index (Phi) is 5.69. The minimum Gasteiger partial charge on any atom is -0.340 e. The molecule has 0 N–H and O–H groups in total. The Hall–Kier alpha value is -0.330. The number of carbonyl (C=O) groups is 1. The van der Waals surface area contributed by atoms with E-state index in [0.29, 0.717) is 44.9 Å². The van der Waals surface area contributed by atoms with Gasteiger partial charge in [0, 0.05) is 39.0 Å². The number of rotatable bonds is 5. The minimum atomic E-state index is -3.17. The number of piperazine rings is 1. The lowest BCUT2D eigenvalue weighted by molar-refractivity contribution is -0.129. The van der Waals surface area contributed by atoms with Crippen molar-refractivity contribution in [2.45, 2.75) is 19.8 Å². The van der Waals surface area contributed by atoms with Crippen LogP contribution in [0.25, 0.3) is 0 Å². The topological polar surface area (TPSA) is 57.7 Å². The van der Waals surface area contributed by atoms with Gasteiger partial charge in [0.25, 0.3) is 0 Å². The molecule has 0 aliphatic carbocycles. The van der Waals surface area contributed by atoms with Crippen molar-refractivity contribution in [2.75, 3.05) is 37.8 Å². The number of hydrogen-bond donors (Lipinski definition) is 0. The van der Waals surface area contributed by atoms with Crippen LogP contribution >= 0.6 is 11.6 Å². The van der Waals surface area contributed by atoms with Crippen molar-refractivity contribution < 1.29 is 13.2 Å². The molecule has 0 aromatic rings. The number of alkyl halides is 1. The van der Waals surface area contributed by atoms with E-state index in [2.05, 4.69) is 0 Å². The van der Waals surface area contributed by atoms with Crippen LogP contribution in [0.15, 0.2) is 0 Å². The van der Waals surface area contributed by atoms with Gasteiger partial charge in [-0.25, -0.2) is 8.42 Å². The summed E-state index contributed by atoms with van der Waals surface area (Å²) >= 11 is 5.52. The van der Waals surface area contributed by atoms with Gasteiger partial charge in [-0.3, -0.25) is 4.79 Å². The molecule has 1 saturated heterocycles. The molecule has 1 aliphatic heterocycles. The molecule has 7 heteroatoms. The van der Waals surface area contributed by atoms with Gasteiger partial charge in [0.2, 0.25) is 15.9 Å². The van der Waals surface area contributed by atoms with Gasteiger partial charge in [-0.05, 0) is 12.8 Å². The highest BCUT2D eigenvalue weighted by Crippen LogP contribution is 2.10. The number of halogens is 1. The first kappa shape index (κ1) is 14.7. The number of nitrogens with zero attached hydrogens (tertiary/aromatic N) is 2. The van der Waals surface area contributed by atoms with Crippen molar-refractivity contribution in [1.82, 2.24) is 9.21 Å². The average Bonchev–Trinajstić information content (AvgIpc) is 2.29. The quantitative estimate of drug-likeness (QED) is 0.545. The van der Waals surface area contributed by atoms with Crippen molar-refractivity contribution >= 4 is 27.5 Å². The fourth-order valence-corrected chi connectivity index (χ4v) is 3.52. The van der Waals surface area contributed by atoms with Crippen LogP contribution in [0.3, 0.4) is 0 Å². The van der Waals surface area contributed by atoms with Crippen LogP contribution in [0.4, 0.5) is 0 Å². The van der Waals surface area contributed by atoms with E-state index < -0.39 is 10.0 Å². The molecule has 0 unspecified atom stereocenters. The molecule has 0 spiro atoms. The summed E-state index contributed by atoms with van der Waals surface area (Å²) in [5.74, 6) is 0.650. The Labute approximate surface area is 108 Å². The maximum Gasteiger partial charge on any atom is 0.219 e. The number of sulfonamides is 1. The Morgan fingerprint density at radius 2 is 1.76 bits per heavy atom. The number of carbonyl (C=O) groups excluding carboxylic acids is 1. The van der Waals surface area contributed by atoms with Crippen LogP contribution in [0, 0.1) is 0 Å². The summed E-state index contributed by atoms with van der Waals surface area (Å²) in [7, 11) is -3.17. The van der Waals surface area contributed by atoms with Gasteiger partial charge in [0.15, 0.2) is 0 Å². The van der Waals surface area contributed by atoms with Crippen molar-refractivity contribution in [3.05, 3.63) is 0 Å². The summed E-state index contributed by atoms with van der Waals surface area (Å²) in [6.45, 7) is 3.30. The van der Waals surface area contributed by atoms with Crippen molar-refractivity contribution in [2.24, 2.45) is 0 Å². The third kappa shape index (κ3) is 4.44. The Balaban J connectivity index is 2.44. The molecule has 0 radical (unpaired) electrons.